The zero-order valence-corrected chi connectivity index (χ0v) is 19.0. The summed E-state index contributed by atoms with van der Waals surface area (Å²) in [4.78, 5) is 19.3. The van der Waals surface area contributed by atoms with Crippen molar-refractivity contribution < 1.29 is 9.47 Å². The van der Waals surface area contributed by atoms with Gasteiger partial charge in [-0.25, -0.2) is 0 Å². The summed E-state index contributed by atoms with van der Waals surface area (Å²) in [6.45, 7) is 4.52. The number of methoxy groups -OCH3 is 1. The summed E-state index contributed by atoms with van der Waals surface area (Å²) in [6.07, 6.45) is 9.10. The Morgan fingerprint density at radius 2 is 1.72 bits per heavy atom. The van der Waals surface area contributed by atoms with Crippen LogP contribution in [-0.4, -0.2) is 42.2 Å². The van der Waals surface area contributed by atoms with Gasteiger partial charge < -0.3 is 19.4 Å². The lowest BCUT2D eigenvalue weighted by molar-refractivity contribution is 0.0997. The molecule has 5 nitrogen and oxygen atoms in total. The van der Waals surface area contributed by atoms with Gasteiger partial charge in [-0.2, -0.15) is 0 Å². The molecule has 0 amide bonds. The number of benzene rings is 2. The summed E-state index contributed by atoms with van der Waals surface area (Å²) in [6, 6.07) is 12.2. The zero-order valence-electron chi connectivity index (χ0n) is 19.0. The van der Waals surface area contributed by atoms with E-state index in [4.69, 9.17) is 9.47 Å². The number of ether oxygens (including phenoxy) is 2. The normalized spacial score (nSPS) is 21.7. The molecule has 1 N–H and O–H groups in total. The highest BCUT2D eigenvalue weighted by Gasteiger charge is 2.29. The van der Waals surface area contributed by atoms with Gasteiger partial charge in [0, 0.05) is 39.8 Å². The van der Waals surface area contributed by atoms with E-state index >= 15 is 0 Å². The molecule has 1 aliphatic carbocycles. The summed E-state index contributed by atoms with van der Waals surface area (Å²) in [5, 5.41) is 0.690. The third-order valence-electron chi connectivity index (χ3n) is 7.24. The van der Waals surface area contributed by atoms with E-state index in [0.717, 1.165) is 41.0 Å². The second kappa shape index (κ2) is 8.99. The van der Waals surface area contributed by atoms with Gasteiger partial charge in [-0.15, -0.1) is 0 Å². The lowest BCUT2D eigenvalue weighted by atomic mass is 9.91. The van der Waals surface area contributed by atoms with Gasteiger partial charge in [0.15, 0.2) is 5.43 Å². The van der Waals surface area contributed by atoms with Crippen molar-refractivity contribution in [1.29, 1.82) is 0 Å². The van der Waals surface area contributed by atoms with Gasteiger partial charge in [0.05, 0.1) is 13.2 Å². The number of aromatic nitrogens is 1. The van der Waals surface area contributed by atoms with E-state index in [-0.39, 0.29) is 11.5 Å². The highest BCUT2D eigenvalue weighted by molar-refractivity contribution is 5.85. The Kier molecular flexibility index (Phi) is 5.92. The number of para-hydroxylation sites is 1. The van der Waals surface area contributed by atoms with E-state index in [1.807, 2.05) is 49.5 Å². The third-order valence-corrected chi connectivity index (χ3v) is 7.24. The van der Waals surface area contributed by atoms with Crippen LogP contribution < -0.4 is 14.9 Å². The van der Waals surface area contributed by atoms with Crippen LogP contribution in [0.1, 0.15) is 44.1 Å². The standard InChI is InChI=1S/C27H32N2O3/c1-18-25(31-2)14-13-21(23-17-28-24-8-4-3-7-22(24)26(23)30)27(18)32-20-11-9-19(10-12-20)29-15-5-6-16-29/h3-4,7-8,13-14,17,19-20H,5-6,9-12,15-16H2,1-2H3,(H,28,30). The topological polar surface area (TPSA) is 54.6 Å². The van der Waals surface area contributed by atoms with Gasteiger partial charge in [-0.3, -0.25) is 4.79 Å². The summed E-state index contributed by atoms with van der Waals surface area (Å²) in [5.41, 5.74) is 3.27. The number of pyridine rings is 1. The number of H-pyrrole nitrogens is 1. The molecule has 1 saturated carbocycles. The lowest BCUT2D eigenvalue weighted by Gasteiger charge is -2.35. The van der Waals surface area contributed by atoms with Crippen LogP contribution in [-0.2, 0) is 0 Å². The molecular formula is C27H32N2O3. The van der Waals surface area contributed by atoms with Gasteiger partial charge in [-0.05, 0) is 82.8 Å². The number of aromatic amines is 1. The van der Waals surface area contributed by atoms with Gasteiger partial charge in [0.1, 0.15) is 11.5 Å². The molecule has 5 heteroatoms. The molecule has 0 bridgehead atoms. The van der Waals surface area contributed by atoms with Crippen LogP contribution in [0.4, 0.5) is 0 Å². The lowest BCUT2D eigenvalue weighted by Crippen LogP contribution is -2.38. The molecule has 32 heavy (non-hydrogen) atoms. The molecule has 5 rings (SSSR count). The number of nitrogens with one attached hydrogen (secondary N) is 1. The Morgan fingerprint density at radius 3 is 2.47 bits per heavy atom. The molecular weight excluding hydrogens is 400 g/mol. The minimum Gasteiger partial charge on any atom is -0.496 e. The summed E-state index contributed by atoms with van der Waals surface area (Å²) >= 11 is 0. The second-order valence-electron chi connectivity index (χ2n) is 9.14. The first-order valence-electron chi connectivity index (χ1n) is 11.8. The summed E-state index contributed by atoms with van der Waals surface area (Å²) < 4.78 is 12.2. The average molecular weight is 433 g/mol. The van der Waals surface area contributed by atoms with Crippen molar-refractivity contribution in [3.63, 3.8) is 0 Å². The number of likely N-dealkylation sites (tertiary alicyclic amines) is 1. The molecule has 1 aromatic heterocycles. The quantitative estimate of drug-likeness (QED) is 0.595. The molecule has 2 aromatic carbocycles. The van der Waals surface area contributed by atoms with E-state index in [2.05, 4.69) is 9.88 Å². The third kappa shape index (κ3) is 3.90. The van der Waals surface area contributed by atoms with Crippen LogP contribution in [0.5, 0.6) is 11.5 Å². The molecule has 168 valence electrons. The molecule has 0 atom stereocenters. The predicted octanol–water partition coefficient (Wildman–Crippen LogP) is 5.30. The fourth-order valence-electron chi connectivity index (χ4n) is 5.43. The maximum absolute atomic E-state index is 13.3. The van der Waals surface area contributed by atoms with Crippen molar-refractivity contribution in [2.45, 2.75) is 57.6 Å². The van der Waals surface area contributed by atoms with Crippen molar-refractivity contribution in [3.8, 4) is 22.6 Å². The van der Waals surface area contributed by atoms with Gasteiger partial charge in [-0.1, -0.05) is 12.1 Å². The summed E-state index contributed by atoms with van der Waals surface area (Å²) in [7, 11) is 1.68. The monoisotopic (exact) mass is 432 g/mol. The zero-order chi connectivity index (χ0) is 22.1. The maximum Gasteiger partial charge on any atom is 0.197 e. The van der Waals surface area contributed by atoms with Crippen molar-refractivity contribution in [2.75, 3.05) is 20.2 Å². The molecule has 0 spiro atoms. The molecule has 1 saturated heterocycles. The second-order valence-corrected chi connectivity index (χ2v) is 9.14. The summed E-state index contributed by atoms with van der Waals surface area (Å²) in [5.74, 6) is 1.56. The number of rotatable bonds is 5. The molecule has 0 radical (unpaired) electrons. The Labute approximate surface area is 189 Å². The van der Waals surface area contributed by atoms with Crippen molar-refractivity contribution >= 4 is 10.9 Å². The predicted molar refractivity (Wildman–Crippen MR) is 129 cm³/mol. The van der Waals surface area contributed by atoms with Crippen LogP contribution in [0.2, 0.25) is 0 Å². The fraction of sp³-hybridized carbons (Fsp3) is 0.444. The first-order chi connectivity index (χ1) is 15.7. The highest BCUT2D eigenvalue weighted by atomic mass is 16.5. The van der Waals surface area contributed by atoms with Crippen LogP contribution in [0.3, 0.4) is 0 Å². The maximum atomic E-state index is 13.3. The largest absolute Gasteiger partial charge is 0.496 e. The van der Waals surface area contributed by atoms with E-state index in [1.165, 1.54) is 38.8 Å². The van der Waals surface area contributed by atoms with Crippen molar-refractivity contribution in [1.82, 2.24) is 9.88 Å². The Morgan fingerprint density at radius 1 is 0.969 bits per heavy atom. The number of hydrogen-bond donors (Lipinski definition) is 1. The van der Waals surface area contributed by atoms with E-state index in [9.17, 15) is 4.79 Å². The molecule has 2 aliphatic rings. The molecule has 1 aliphatic heterocycles. The Balaban J connectivity index is 1.46. The first kappa shape index (κ1) is 21.1. The van der Waals surface area contributed by atoms with E-state index < -0.39 is 0 Å². The smallest absolute Gasteiger partial charge is 0.197 e. The van der Waals surface area contributed by atoms with E-state index in [1.54, 1.807) is 7.11 Å². The molecule has 2 fully saturated rings. The number of nitrogens with zero attached hydrogens (tertiary/aromatic N) is 1. The number of fused-ring (bicyclic) bond motifs is 1. The van der Waals surface area contributed by atoms with Crippen LogP contribution in [0.15, 0.2) is 47.4 Å². The minimum atomic E-state index is 0.0199. The molecule has 0 unspecified atom stereocenters. The highest BCUT2D eigenvalue weighted by Crippen LogP contribution is 2.39. The SMILES string of the molecule is COc1ccc(-c2c[nH]c3ccccc3c2=O)c(OC2CCC(N3CCCC3)CC2)c1C. The Bertz CT molecular complexity index is 1160. The molecule has 2 heterocycles. The van der Waals surface area contributed by atoms with Gasteiger partial charge >= 0.3 is 0 Å². The Hall–Kier alpha value is -2.79. The van der Waals surface area contributed by atoms with Gasteiger partial charge in [0.2, 0.25) is 0 Å². The number of hydrogen-bond acceptors (Lipinski definition) is 4. The van der Waals surface area contributed by atoms with Crippen LogP contribution >= 0.6 is 0 Å². The first-order valence-corrected chi connectivity index (χ1v) is 11.8. The van der Waals surface area contributed by atoms with Crippen LogP contribution in [0.25, 0.3) is 22.0 Å². The van der Waals surface area contributed by atoms with Crippen molar-refractivity contribution in [2.24, 2.45) is 0 Å². The fourth-order valence-corrected chi connectivity index (χ4v) is 5.43. The van der Waals surface area contributed by atoms with E-state index in [0.29, 0.717) is 17.0 Å². The van der Waals surface area contributed by atoms with Crippen molar-refractivity contribution in [3.05, 3.63) is 58.4 Å². The minimum absolute atomic E-state index is 0.0199. The van der Waals surface area contributed by atoms with Crippen LogP contribution in [0, 0.1) is 6.92 Å². The molecule has 3 aromatic rings. The average Bonchev–Trinajstić information content (AvgIpc) is 3.37. The van der Waals surface area contributed by atoms with Gasteiger partial charge in [0.25, 0.3) is 0 Å².